The number of benzene rings is 1. The molecule has 0 fully saturated rings. The largest absolute Gasteiger partial charge is 0.453 e. The van der Waals surface area contributed by atoms with Gasteiger partial charge in [0.1, 0.15) is 31.6 Å². The van der Waals surface area contributed by atoms with E-state index >= 15 is 0 Å². The number of thiol groups is 1. The van der Waals surface area contributed by atoms with Crippen LogP contribution in [-0.4, -0.2) is 114 Å². The number of nitrogens with two attached hydrogens (primary N) is 1. The van der Waals surface area contributed by atoms with Crippen molar-refractivity contribution >= 4 is 57.1 Å². The standard InChI is InChI=1S/C36H48N10O10S2/c1-58(52,53)35-40-19-27(20-41-35)7-3-2-4-9-31(47)39-21-29-22-46(45-44-29)16-18-54-17-15-38-32(48)24-55-25-33(49)43-30(8-5-6-14-37)34(50)42-28-12-10-26(11-13-28)23-56-36(51)57/h10-13,19-20,22,30H,2,4-6,8-9,14-18,21,23-25,37H2,1H3,(H,38,48)(H,39,47)(H,42,50)(H,43,49)(H,51,57)/t30-/m0/s1. The van der Waals surface area contributed by atoms with E-state index in [2.05, 4.69) is 66.0 Å². The van der Waals surface area contributed by atoms with Gasteiger partial charge in [-0.1, -0.05) is 41.8 Å². The third-order valence-electron chi connectivity index (χ3n) is 7.63. The van der Waals surface area contributed by atoms with Crippen molar-refractivity contribution in [3.8, 4) is 11.8 Å². The van der Waals surface area contributed by atoms with Gasteiger partial charge in [-0.05, 0) is 49.9 Å². The Labute approximate surface area is 341 Å². The van der Waals surface area contributed by atoms with Crippen LogP contribution in [0.3, 0.4) is 0 Å². The van der Waals surface area contributed by atoms with Crippen LogP contribution in [0.2, 0.25) is 0 Å². The van der Waals surface area contributed by atoms with E-state index in [4.69, 9.17) is 19.9 Å². The van der Waals surface area contributed by atoms with E-state index in [9.17, 15) is 32.4 Å². The van der Waals surface area contributed by atoms with Gasteiger partial charge >= 0.3 is 5.30 Å². The number of ether oxygens (including phenoxy) is 3. The second-order valence-electron chi connectivity index (χ2n) is 12.5. The molecule has 58 heavy (non-hydrogen) atoms. The number of anilines is 1. The van der Waals surface area contributed by atoms with Crippen LogP contribution in [0.5, 0.6) is 0 Å². The Morgan fingerprint density at radius 1 is 0.948 bits per heavy atom. The van der Waals surface area contributed by atoms with Crippen LogP contribution in [0.25, 0.3) is 0 Å². The van der Waals surface area contributed by atoms with E-state index in [-0.39, 0.29) is 57.0 Å². The summed E-state index contributed by atoms with van der Waals surface area (Å²) in [7, 11) is -3.48. The molecule has 0 aliphatic carbocycles. The summed E-state index contributed by atoms with van der Waals surface area (Å²) in [5.41, 5.74) is 7.81. The molecule has 2 heterocycles. The number of nitrogens with zero attached hydrogens (tertiary/aromatic N) is 5. The van der Waals surface area contributed by atoms with Gasteiger partial charge in [-0.15, -0.1) is 5.10 Å². The monoisotopic (exact) mass is 844 g/mol. The van der Waals surface area contributed by atoms with Crippen molar-refractivity contribution < 1.29 is 46.6 Å². The minimum absolute atomic E-state index is 0.0379. The number of rotatable bonds is 25. The van der Waals surface area contributed by atoms with Crippen molar-refractivity contribution in [1.29, 1.82) is 0 Å². The Bertz CT molecular complexity index is 1970. The van der Waals surface area contributed by atoms with Gasteiger partial charge in [0.2, 0.25) is 38.6 Å². The lowest BCUT2D eigenvalue weighted by atomic mass is 10.1. The summed E-state index contributed by atoms with van der Waals surface area (Å²) in [6, 6.07) is 5.77. The number of unbranched alkanes of at least 4 members (excludes halogenated alkanes) is 2. The van der Waals surface area contributed by atoms with Crippen molar-refractivity contribution in [2.45, 2.75) is 69.4 Å². The van der Waals surface area contributed by atoms with Gasteiger partial charge in [0.25, 0.3) is 0 Å². The predicted molar refractivity (Wildman–Crippen MR) is 211 cm³/mol. The van der Waals surface area contributed by atoms with Gasteiger partial charge in [0.15, 0.2) is 0 Å². The highest BCUT2D eigenvalue weighted by molar-refractivity contribution is 7.96. The molecule has 314 valence electrons. The van der Waals surface area contributed by atoms with Crippen molar-refractivity contribution in [1.82, 2.24) is 40.9 Å². The number of sulfone groups is 1. The van der Waals surface area contributed by atoms with Gasteiger partial charge in [-0.2, -0.15) is 0 Å². The lowest BCUT2D eigenvalue weighted by molar-refractivity contribution is -0.133. The summed E-state index contributed by atoms with van der Waals surface area (Å²) in [6.07, 6.45) is 8.22. The molecule has 0 spiro atoms. The van der Waals surface area contributed by atoms with E-state index in [1.165, 1.54) is 12.4 Å². The first kappa shape index (κ1) is 46.9. The predicted octanol–water partition coefficient (Wildman–Crippen LogP) is 0.278. The first-order chi connectivity index (χ1) is 27.8. The first-order valence-corrected chi connectivity index (χ1v) is 20.5. The number of amides is 4. The second kappa shape index (κ2) is 25.7. The van der Waals surface area contributed by atoms with Gasteiger partial charge in [-0.3, -0.25) is 19.2 Å². The SMILES string of the molecule is CS(=O)(=O)c1ncc(C#CCCCC(=O)NCc2cn(CCOCCNC(=O)COCC(=O)N[C@@H](CCCCN)C(=O)Nc3ccc(COC(=O)S)cc3)nn2)cn1. The number of nitrogens with one attached hydrogen (secondary N) is 4. The average Bonchev–Trinajstić information content (AvgIpc) is 3.65. The summed E-state index contributed by atoms with van der Waals surface area (Å²) in [5.74, 6) is 4.12. The van der Waals surface area contributed by atoms with Crippen LogP contribution in [0.4, 0.5) is 10.5 Å². The Morgan fingerprint density at radius 2 is 1.69 bits per heavy atom. The van der Waals surface area contributed by atoms with Gasteiger partial charge in [-0.25, -0.2) is 27.9 Å². The minimum atomic E-state index is -3.48. The second-order valence-corrected chi connectivity index (χ2v) is 14.8. The molecular formula is C36H48N10O10S2. The Kier molecular flexibility index (Phi) is 20.8. The molecule has 1 atom stereocenters. The van der Waals surface area contributed by atoms with Crippen LogP contribution in [0, 0.1) is 11.8 Å². The highest BCUT2D eigenvalue weighted by Gasteiger charge is 2.21. The molecule has 0 aliphatic heterocycles. The van der Waals surface area contributed by atoms with Crippen LogP contribution in [-0.2, 0) is 62.9 Å². The number of hydrogen-bond donors (Lipinski definition) is 6. The van der Waals surface area contributed by atoms with Crippen LogP contribution >= 0.6 is 12.6 Å². The number of carbonyl (C=O) groups excluding carboxylic acids is 5. The maximum Gasteiger partial charge on any atom is 0.364 e. The number of hydrogen-bond acceptors (Lipinski definition) is 15. The summed E-state index contributed by atoms with van der Waals surface area (Å²) in [4.78, 5) is 68.3. The van der Waals surface area contributed by atoms with Crippen molar-refractivity contribution in [2.24, 2.45) is 5.73 Å². The van der Waals surface area contributed by atoms with Crippen LogP contribution in [0.15, 0.2) is 48.0 Å². The highest BCUT2D eigenvalue weighted by Crippen LogP contribution is 2.13. The van der Waals surface area contributed by atoms with Crippen molar-refractivity contribution in [3.05, 3.63) is 59.7 Å². The lowest BCUT2D eigenvalue weighted by Gasteiger charge is -2.18. The first-order valence-electron chi connectivity index (χ1n) is 18.2. The zero-order valence-corrected chi connectivity index (χ0v) is 33.7. The molecule has 0 saturated heterocycles. The molecule has 0 radical (unpaired) electrons. The third-order valence-corrected chi connectivity index (χ3v) is 8.64. The van der Waals surface area contributed by atoms with E-state index in [0.717, 1.165) is 6.26 Å². The fraction of sp³-hybridized carbons (Fsp3) is 0.472. The summed E-state index contributed by atoms with van der Waals surface area (Å²) >= 11 is 3.55. The summed E-state index contributed by atoms with van der Waals surface area (Å²) in [6.45, 7) is 0.950. The molecule has 0 aliphatic rings. The molecule has 20 nitrogen and oxygen atoms in total. The maximum atomic E-state index is 13.0. The average molecular weight is 845 g/mol. The molecule has 0 unspecified atom stereocenters. The van der Waals surface area contributed by atoms with E-state index in [0.29, 0.717) is 67.7 Å². The molecule has 0 saturated carbocycles. The molecule has 2 aromatic heterocycles. The van der Waals surface area contributed by atoms with Crippen LogP contribution < -0.4 is 27.0 Å². The molecule has 0 bridgehead atoms. The fourth-order valence-electron chi connectivity index (χ4n) is 4.75. The smallest absolute Gasteiger partial charge is 0.364 e. The van der Waals surface area contributed by atoms with Crippen molar-refractivity contribution in [2.75, 3.05) is 51.1 Å². The Morgan fingerprint density at radius 3 is 2.40 bits per heavy atom. The minimum Gasteiger partial charge on any atom is -0.453 e. The zero-order valence-electron chi connectivity index (χ0n) is 32.0. The quantitative estimate of drug-likeness (QED) is 0.0220. The molecule has 4 amide bonds. The Hall–Kier alpha value is -5.47. The third kappa shape index (κ3) is 19.6. The van der Waals surface area contributed by atoms with Crippen molar-refractivity contribution in [3.63, 3.8) is 0 Å². The van der Waals surface area contributed by atoms with Crippen LogP contribution in [0.1, 0.15) is 55.3 Å². The highest BCUT2D eigenvalue weighted by atomic mass is 32.2. The number of carbonyl (C=O) groups is 5. The fourth-order valence-corrected chi connectivity index (χ4v) is 5.30. The molecule has 6 N–H and O–H groups in total. The summed E-state index contributed by atoms with van der Waals surface area (Å²) in [5, 5.41) is 17.9. The summed E-state index contributed by atoms with van der Waals surface area (Å²) < 4.78 is 40.0. The van der Waals surface area contributed by atoms with Gasteiger partial charge in [0.05, 0.1) is 38.1 Å². The Balaban J connectivity index is 1.23. The normalized spacial score (nSPS) is 11.4. The maximum absolute atomic E-state index is 13.0. The number of aromatic nitrogens is 5. The molecular weight excluding hydrogens is 797 g/mol. The molecule has 22 heteroatoms. The van der Waals surface area contributed by atoms with Gasteiger partial charge < -0.3 is 41.2 Å². The van der Waals surface area contributed by atoms with E-state index in [1.54, 1.807) is 35.1 Å². The van der Waals surface area contributed by atoms with E-state index in [1.807, 2.05) is 0 Å². The van der Waals surface area contributed by atoms with Gasteiger partial charge in [0, 0.05) is 43.7 Å². The zero-order chi connectivity index (χ0) is 42.2. The molecule has 3 rings (SSSR count). The topological polar surface area (TPSA) is 278 Å². The molecule has 1 aromatic carbocycles. The lowest BCUT2D eigenvalue weighted by Crippen LogP contribution is -2.45. The van der Waals surface area contributed by atoms with E-state index < -0.39 is 45.5 Å². The molecule has 3 aromatic rings.